The van der Waals surface area contributed by atoms with E-state index in [-0.39, 0.29) is 54.3 Å². The molecule has 0 radical (unpaired) electrons. The van der Waals surface area contributed by atoms with E-state index in [0.717, 1.165) is 50.0 Å². The number of fused-ring (bicyclic) bond motifs is 2. The van der Waals surface area contributed by atoms with Gasteiger partial charge in [0.05, 0.1) is 46.1 Å². The number of hydrogen-bond donors (Lipinski definition) is 2. The minimum atomic E-state index is -4.71. The molecule has 1 saturated carbocycles. The molecule has 2 aliphatic heterocycles. The number of hydrogen-bond acceptors (Lipinski definition) is 9. The van der Waals surface area contributed by atoms with Crippen molar-refractivity contribution in [2.45, 2.75) is 75.4 Å². The monoisotopic (exact) mass is 814 g/mol. The van der Waals surface area contributed by atoms with Crippen LogP contribution in [0.4, 0.5) is 28.9 Å². The van der Waals surface area contributed by atoms with Crippen LogP contribution in [-0.2, 0) is 22.8 Å². The second-order valence-corrected chi connectivity index (χ2v) is 15.8. The van der Waals surface area contributed by atoms with Crippen LogP contribution in [0.25, 0.3) is 21.9 Å². The Morgan fingerprint density at radius 2 is 1.81 bits per heavy atom. The quantitative estimate of drug-likeness (QED) is 0.153. The number of pyridine rings is 1. The van der Waals surface area contributed by atoms with Gasteiger partial charge in [0, 0.05) is 44.2 Å². The number of amides is 3. The number of halogens is 4. The molecule has 59 heavy (non-hydrogen) atoms. The number of nitrogens with one attached hydrogen (secondary N) is 2. The first-order valence-electron chi connectivity index (χ1n) is 19.6. The Labute approximate surface area is 335 Å². The number of nitrogens with zero attached hydrogens (tertiary/aromatic N) is 8. The van der Waals surface area contributed by atoms with Gasteiger partial charge in [-0.25, -0.2) is 14.2 Å². The number of carbonyl (C=O) groups is 3. The van der Waals surface area contributed by atoms with Gasteiger partial charge >= 0.3 is 11.9 Å². The van der Waals surface area contributed by atoms with Gasteiger partial charge < -0.3 is 15.1 Å². The lowest BCUT2D eigenvalue weighted by Gasteiger charge is -2.42. The van der Waals surface area contributed by atoms with Crippen LogP contribution < -0.4 is 21.2 Å². The second-order valence-electron chi connectivity index (χ2n) is 15.8. The number of carbonyl (C=O) groups excluding carboxylic acids is 3. The van der Waals surface area contributed by atoms with Gasteiger partial charge in [-0.05, 0) is 87.9 Å². The lowest BCUT2D eigenvalue weighted by atomic mass is 9.85. The third-order valence-electron chi connectivity index (χ3n) is 12.1. The van der Waals surface area contributed by atoms with Gasteiger partial charge in [0.15, 0.2) is 0 Å². The van der Waals surface area contributed by atoms with Crippen molar-refractivity contribution in [1.82, 2.24) is 34.1 Å². The fourth-order valence-electron chi connectivity index (χ4n) is 9.02. The molecule has 2 saturated heterocycles. The highest BCUT2D eigenvalue weighted by atomic mass is 19.4. The number of anilines is 2. The Morgan fingerprint density at radius 1 is 1.05 bits per heavy atom. The number of aromatic nitrogens is 5. The number of aryl methyl sites for hydroxylation is 1. The molecule has 3 fully saturated rings. The predicted octanol–water partition coefficient (Wildman–Crippen LogP) is 5.49. The summed E-state index contributed by atoms with van der Waals surface area (Å²) in [6.07, 6.45) is 0.388. The van der Waals surface area contributed by atoms with Crippen molar-refractivity contribution in [2.75, 3.05) is 36.9 Å². The highest BCUT2D eigenvalue weighted by molar-refractivity contribution is 6.05. The number of nitriles is 1. The van der Waals surface area contributed by atoms with E-state index in [1.54, 1.807) is 31.3 Å². The van der Waals surface area contributed by atoms with Crippen molar-refractivity contribution < 1.29 is 31.9 Å². The summed E-state index contributed by atoms with van der Waals surface area (Å²) in [6, 6.07) is 12.6. The van der Waals surface area contributed by atoms with Crippen LogP contribution in [0.1, 0.15) is 78.8 Å². The lowest BCUT2D eigenvalue weighted by molar-refractivity contribution is -0.141. The van der Waals surface area contributed by atoms with Crippen LogP contribution >= 0.6 is 0 Å². The molecular weight excluding hydrogens is 773 g/mol. The van der Waals surface area contributed by atoms with Crippen LogP contribution in [-0.4, -0.2) is 85.4 Å². The molecule has 2 aromatic carbocycles. The minimum Gasteiger partial charge on any atom is -0.367 e. The lowest BCUT2D eigenvalue weighted by Crippen LogP contribution is -2.52. The Balaban J connectivity index is 0.883. The van der Waals surface area contributed by atoms with Crippen LogP contribution in [0.3, 0.4) is 0 Å². The van der Waals surface area contributed by atoms with Crippen LogP contribution in [0, 0.1) is 17.2 Å². The number of benzene rings is 2. The topological polar surface area (TPSA) is 163 Å². The zero-order valence-corrected chi connectivity index (χ0v) is 32.4. The van der Waals surface area contributed by atoms with E-state index in [4.69, 9.17) is 5.10 Å². The normalized spacial score (nSPS) is 22.8. The van der Waals surface area contributed by atoms with E-state index in [1.807, 2.05) is 35.0 Å². The average molecular weight is 815 g/mol. The molecule has 3 aromatic heterocycles. The smallest absolute Gasteiger partial charge is 0.367 e. The van der Waals surface area contributed by atoms with Crippen LogP contribution in [0.5, 0.6) is 0 Å². The summed E-state index contributed by atoms with van der Waals surface area (Å²) in [7, 11) is 3.61. The molecule has 3 atom stereocenters. The van der Waals surface area contributed by atoms with Gasteiger partial charge in [0.1, 0.15) is 29.7 Å². The summed E-state index contributed by atoms with van der Waals surface area (Å²) in [5.41, 5.74) is 0.698. The molecule has 3 unspecified atom stereocenters. The molecule has 308 valence electrons. The largest absolute Gasteiger partial charge is 0.433 e. The number of piperidine rings is 2. The first-order valence-corrected chi connectivity index (χ1v) is 19.6. The molecule has 0 spiro atoms. The Kier molecular flexibility index (Phi) is 10.5. The maximum atomic E-state index is 16.1. The number of imidazole rings is 1. The molecule has 18 heteroatoms. The van der Waals surface area contributed by atoms with Crippen LogP contribution in [0.15, 0.2) is 59.5 Å². The van der Waals surface area contributed by atoms with Gasteiger partial charge in [-0.2, -0.15) is 23.5 Å². The van der Waals surface area contributed by atoms with Gasteiger partial charge in [-0.1, -0.05) is 12.1 Å². The molecule has 5 aromatic rings. The summed E-state index contributed by atoms with van der Waals surface area (Å²) in [5.74, 6) is -1.40. The van der Waals surface area contributed by atoms with Gasteiger partial charge in [-0.15, -0.1) is 0 Å². The maximum absolute atomic E-state index is 16.1. The van der Waals surface area contributed by atoms with Crippen molar-refractivity contribution in [3.05, 3.63) is 82.2 Å². The molecular formula is C41H42F4N10O4. The number of para-hydroxylation sites is 1. The number of rotatable bonds is 8. The molecule has 1 aliphatic carbocycles. The first-order chi connectivity index (χ1) is 28.2. The highest BCUT2D eigenvalue weighted by Crippen LogP contribution is 2.36. The van der Waals surface area contributed by atoms with E-state index in [2.05, 4.69) is 20.5 Å². The van der Waals surface area contributed by atoms with Crippen molar-refractivity contribution in [2.24, 2.45) is 13.0 Å². The van der Waals surface area contributed by atoms with Gasteiger partial charge in [0.25, 0.3) is 5.91 Å². The fourth-order valence-corrected chi connectivity index (χ4v) is 9.02. The van der Waals surface area contributed by atoms with E-state index >= 15 is 4.39 Å². The Bertz CT molecular complexity index is 2570. The van der Waals surface area contributed by atoms with Crippen molar-refractivity contribution >= 4 is 51.0 Å². The summed E-state index contributed by atoms with van der Waals surface area (Å²) >= 11 is 0. The van der Waals surface area contributed by atoms with E-state index in [0.29, 0.717) is 40.8 Å². The highest BCUT2D eigenvalue weighted by Gasteiger charge is 2.37. The SMILES string of the molecule is CN(C[C@H]1CC[C@H](n2cc3cc(NC(=O)c4cccc(C(F)(F)F)n4)c(C#N)cc3n2)CC1)C1CCN(c2cccc3c2n(C)c(=O)n3C2CCC(=O)NC2=O)CC1F. The third kappa shape index (κ3) is 7.66. The summed E-state index contributed by atoms with van der Waals surface area (Å²) in [6.45, 7) is 1.45. The summed E-state index contributed by atoms with van der Waals surface area (Å²) < 4.78 is 60.4. The molecule has 2 N–H and O–H groups in total. The third-order valence-corrected chi connectivity index (χ3v) is 12.1. The average Bonchev–Trinajstić information content (AvgIpc) is 3.74. The maximum Gasteiger partial charge on any atom is 0.433 e. The van der Waals surface area contributed by atoms with Crippen molar-refractivity contribution in [1.29, 1.82) is 5.26 Å². The molecule has 5 heterocycles. The fraction of sp³-hybridized carbons (Fsp3) is 0.439. The van der Waals surface area contributed by atoms with Gasteiger partial charge in [0.2, 0.25) is 11.8 Å². The zero-order valence-electron chi connectivity index (χ0n) is 32.4. The zero-order chi connectivity index (χ0) is 41.7. The summed E-state index contributed by atoms with van der Waals surface area (Å²) in [4.78, 5) is 58.3. The van der Waals surface area contributed by atoms with E-state index in [9.17, 15) is 37.6 Å². The van der Waals surface area contributed by atoms with E-state index < -0.39 is 41.6 Å². The molecule has 3 aliphatic rings. The molecule has 8 rings (SSSR count). The Hall–Kier alpha value is -6.09. The summed E-state index contributed by atoms with van der Waals surface area (Å²) in [5, 5.41) is 20.0. The first kappa shape index (κ1) is 39.7. The van der Waals surface area contributed by atoms with Crippen LogP contribution in [0.2, 0.25) is 0 Å². The van der Waals surface area contributed by atoms with Crippen molar-refractivity contribution in [3.8, 4) is 6.07 Å². The van der Waals surface area contributed by atoms with E-state index in [1.165, 1.54) is 15.2 Å². The standard InChI is InChI=1S/C41H42F4N10O4/c1-51(31-15-16-53(22-27(31)42)32-6-4-7-33-37(32)52(2)40(59)55(33)34-13-14-36(56)49-39(34)58)20-23-9-11-26(12-10-23)54-21-25-18-29(24(19-46)17-30(25)50-54)48-38(57)28-5-3-8-35(47-28)41(43,44)45/h3-8,17-18,21,23,26-27,31,34H,9-16,20,22H2,1-2H3,(H,48,57)(H,49,56,58)/t23-,26-,27?,31?,34?. The van der Waals surface area contributed by atoms with Crippen molar-refractivity contribution in [3.63, 3.8) is 0 Å². The van der Waals surface area contributed by atoms with Gasteiger partial charge in [-0.3, -0.25) is 33.5 Å². The predicted molar refractivity (Wildman–Crippen MR) is 209 cm³/mol. The number of alkyl halides is 4. The minimum absolute atomic E-state index is 0.0857. The number of imide groups is 1. The molecule has 3 amide bonds. The second kappa shape index (κ2) is 15.6. The molecule has 14 nitrogen and oxygen atoms in total. The molecule has 0 bridgehead atoms. The Morgan fingerprint density at radius 3 is 2.53 bits per heavy atom.